The lowest BCUT2D eigenvalue weighted by Gasteiger charge is -2.21. The zero-order valence-corrected chi connectivity index (χ0v) is 11.2. The van der Waals surface area contributed by atoms with E-state index in [1.807, 2.05) is 6.92 Å². The summed E-state index contributed by atoms with van der Waals surface area (Å²) in [5.74, 6) is 0.205. The molecule has 1 atom stereocenters. The van der Waals surface area contributed by atoms with Crippen molar-refractivity contribution in [2.75, 3.05) is 32.0 Å². The van der Waals surface area contributed by atoms with Crippen LogP contribution >= 0.6 is 0 Å². The van der Waals surface area contributed by atoms with Crippen LogP contribution < -0.4 is 5.32 Å². The standard InChI is InChI=1S/C11H22N2O3S/c1-10-9-13(6-2-7-16-10)17(14,15)8-5-12-11-3-4-11/h10-12H,2-9H2,1H3. The second-order valence-electron chi connectivity index (χ2n) is 4.94. The van der Waals surface area contributed by atoms with E-state index in [0.717, 1.165) is 6.42 Å². The number of nitrogens with zero attached hydrogens (tertiary/aromatic N) is 1. The number of ether oxygens (including phenoxy) is 1. The van der Waals surface area contributed by atoms with Crippen molar-refractivity contribution in [2.45, 2.75) is 38.3 Å². The van der Waals surface area contributed by atoms with Gasteiger partial charge in [-0.1, -0.05) is 0 Å². The molecule has 2 fully saturated rings. The summed E-state index contributed by atoms with van der Waals surface area (Å²) >= 11 is 0. The van der Waals surface area contributed by atoms with Gasteiger partial charge >= 0.3 is 0 Å². The topological polar surface area (TPSA) is 58.6 Å². The summed E-state index contributed by atoms with van der Waals surface area (Å²) in [6.07, 6.45) is 3.17. The van der Waals surface area contributed by atoms with E-state index >= 15 is 0 Å². The highest BCUT2D eigenvalue weighted by atomic mass is 32.2. The summed E-state index contributed by atoms with van der Waals surface area (Å²) in [5.41, 5.74) is 0. The molecule has 2 aliphatic rings. The molecule has 1 unspecified atom stereocenters. The Morgan fingerprint density at radius 1 is 1.41 bits per heavy atom. The van der Waals surface area contributed by atoms with E-state index in [2.05, 4.69) is 5.32 Å². The minimum absolute atomic E-state index is 0.00339. The highest BCUT2D eigenvalue weighted by molar-refractivity contribution is 7.89. The lowest BCUT2D eigenvalue weighted by Crippen LogP contribution is -2.39. The fourth-order valence-corrected chi connectivity index (χ4v) is 3.50. The monoisotopic (exact) mass is 262 g/mol. The zero-order chi connectivity index (χ0) is 12.3. The normalized spacial score (nSPS) is 27.9. The van der Waals surface area contributed by atoms with E-state index in [4.69, 9.17) is 4.74 Å². The molecule has 17 heavy (non-hydrogen) atoms. The quantitative estimate of drug-likeness (QED) is 0.768. The van der Waals surface area contributed by atoms with Crippen LogP contribution in [0.1, 0.15) is 26.2 Å². The Hall–Kier alpha value is -0.170. The van der Waals surface area contributed by atoms with Crippen molar-refractivity contribution < 1.29 is 13.2 Å². The molecule has 1 saturated carbocycles. The van der Waals surface area contributed by atoms with Crippen molar-refractivity contribution in [3.63, 3.8) is 0 Å². The van der Waals surface area contributed by atoms with E-state index in [-0.39, 0.29) is 11.9 Å². The van der Waals surface area contributed by atoms with Gasteiger partial charge in [0.1, 0.15) is 0 Å². The van der Waals surface area contributed by atoms with Crippen molar-refractivity contribution in [1.82, 2.24) is 9.62 Å². The molecule has 0 aromatic rings. The molecule has 5 nitrogen and oxygen atoms in total. The van der Waals surface area contributed by atoms with Crippen LogP contribution in [-0.4, -0.2) is 56.9 Å². The largest absolute Gasteiger partial charge is 0.377 e. The van der Waals surface area contributed by atoms with Crippen molar-refractivity contribution in [1.29, 1.82) is 0 Å². The molecule has 1 N–H and O–H groups in total. The maximum absolute atomic E-state index is 12.1. The Bertz CT molecular complexity index is 341. The molecular weight excluding hydrogens is 240 g/mol. The summed E-state index contributed by atoms with van der Waals surface area (Å²) in [5, 5.41) is 3.24. The minimum Gasteiger partial charge on any atom is -0.377 e. The van der Waals surface area contributed by atoms with E-state index < -0.39 is 10.0 Å². The Kier molecular flexibility index (Phi) is 4.41. The fraction of sp³-hybridized carbons (Fsp3) is 1.00. The average molecular weight is 262 g/mol. The SMILES string of the molecule is CC1CN(S(=O)(=O)CCNC2CC2)CCCO1. The Morgan fingerprint density at radius 2 is 2.18 bits per heavy atom. The maximum atomic E-state index is 12.1. The molecule has 2 rings (SSSR count). The van der Waals surface area contributed by atoms with Crippen molar-refractivity contribution in [3.8, 4) is 0 Å². The van der Waals surface area contributed by atoms with Gasteiger partial charge in [-0.2, -0.15) is 4.31 Å². The highest BCUT2D eigenvalue weighted by Crippen LogP contribution is 2.18. The third kappa shape index (κ3) is 4.21. The first-order chi connectivity index (χ1) is 8.08. The summed E-state index contributed by atoms with van der Waals surface area (Å²) in [7, 11) is -3.12. The maximum Gasteiger partial charge on any atom is 0.215 e. The van der Waals surface area contributed by atoms with Gasteiger partial charge in [0.05, 0.1) is 11.9 Å². The molecule has 1 saturated heterocycles. The highest BCUT2D eigenvalue weighted by Gasteiger charge is 2.27. The third-order valence-corrected chi connectivity index (χ3v) is 5.02. The molecule has 1 aliphatic heterocycles. The van der Waals surface area contributed by atoms with Gasteiger partial charge < -0.3 is 10.1 Å². The first-order valence-corrected chi connectivity index (χ1v) is 8.01. The minimum atomic E-state index is -3.12. The lowest BCUT2D eigenvalue weighted by atomic mass is 10.4. The average Bonchev–Trinajstić information content (AvgIpc) is 3.05. The first kappa shape index (κ1) is 13.3. The van der Waals surface area contributed by atoms with Crippen molar-refractivity contribution >= 4 is 10.0 Å². The van der Waals surface area contributed by atoms with Gasteiger partial charge in [0, 0.05) is 32.3 Å². The molecule has 0 spiro atoms. The van der Waals surface area contributed by atoms with E-state index in [1.165, 1.54) is 12.8 Å². The molecule has 6 heteroatoms. The molecule has 100 valence electrons. The van der Waals surface area contributed by atoms with E-state index in [1.54, 1.807) is 4.31 Å². The van der Waals surface area contributed by atoms with Gasteiger partial charge in [0.25, 0.3) is 0 Å². The summed E-state index contributed by atoms with van der Waals surface area (Å²) in [6.45, 7) is 4.24. The third-order valence-electron chi connectivity index (χ3n) is 3.18. The smallest absolute Gasteiger partial charge is 0.215 e. The van der Waals surface area contributed by atoms with Gasteiger partial charge in [-0.15, -0.1) is 0 Å². The van der Waals surface area contributed by atoms with Crippen LogP contribution in [0, 0.1) is 0 Å². The summed E-state index contributed by atoms with van der Waals surface area (Å²) in [6, 6.07) is 0.566. The van der Waals surface area contributed by atoms with Gasteiger partial charge in [-0.05, 0) is 26.2 Å². The second kappa shape index (κ2) is 5.65. The molecule has 0 amide bonds. The van der Waals surface area contributed by atoms with Crippen molar-refractivity contribution in [3.05, 3.63) is 0 Å². The fourth-order valence-electron chi connectivity index (χ4n) is 2.02. The van der Waals surface area contributed by atoms with E-state index in [9.17, 15) is 8.42 Å². The molecule has 0 bridgehead atoms. The Morgan fingerprint density at radius 3 is 2.88 bits per heavy atom. The molecule has 0 aromatic heterocycles. The second-order valence-corrected chi connectivity index (χ2v) is 7.03. The number of nitrogens with one attached hydrogen (secondary N) is 1. The zero-order valence-electron chi connectivity index (χ0n) is 10.4. The predicted octanol–water partition coefficient (Wildman–Crippen LogP) is 0.179. The molecular formula is C11H22N2O3S. The van der Waals surface area contributed by atoms with Crippen LogP contribution in [0.5, 0.6) is 0 Å². The first-order valence-electron chi connectivity index (χ1n) is 6.41. The van der Waals surface area contributed by atoms with Crippen LogP contribution in [0.2, 0.25) is 0 Å². The van der Waals surface area contributed by atoms with Crippen LogP contribution in [0.3, 0.4) is 0 Å². The number of rotatable bonds is 5. The van der Waals surface area contributed by atoms with Crippen LogP contribution in [0.25, 0.3) is 0 Å². The molecule has 0 aromatic carbocycles. The van der Waals surface area contributed by atoms with Gasteiger partial charge in [-0.3, -0.25) is 0 Å². The summed E-state index contributed by atoms with van der Waals surface area (Å²) < 4.78 is 31.3. The van der Waals surface area contributed by atoms with Crippen LogP contribution in [0.4, 0.5) is 0 Å². The lowest BCUT2D eigenvalue weighted by molar-refractivity contribution is 0.0752. The molecule has 0 radical (unpaired) electrons. The van der Waals surface area contributed by atoms with Crippen LogP contribution in [0.15, 0.2) is 0 Å². The van der Waals surface area contributed by atoms with E-state index in [0.29, 0.717) is 32.3 Å². The number of hydrogen-bond donors (Lipinski definition) is 1. The Balaban J connectivity index is 1.83. The number of hydrogen-bond acceptors (Lipinski definition) is 4. The predicted molar refractivity (Wildman–Crippen MR) is 66.4 cm³/mol. The van der Waals surface area contributed by atoms with Crippen LogP contribution in [-0.2, 0) is 14.8 Å². The van der Waals surface area contributed by atoms with Gasteiger partial charge in [0.15, 0.2) is 0 Å². The number of sulfonamides is 1. The molecule has 1 heterocycles. The molecule has 1 aliphatic carbocycles. The summed E-state index contributed by atoms with van der Waals surface area (Å²) in [4.78, 5) is 0. The Labute approximate surface area is 104 Å². The van der Waals surface area contributed by atoms with Gasteiger partial charge in [-0.25, -0.2) is 8.42 Å². The van der Waals surface area contributed by atoms with Crippen molar-refractivity contribution in [2.24, 2.45) is 0 Å². The van der Waals surface area contributed by atoms with Gasteiger partial charge in [0.2, 0.25) is 10.0 Å².